The second kappa shape index (κ2) is 6.69. The molecule has 0 bridgehead atoms. The van der Waals surface area contributed by atoms with Gasteiger partial charge in [0.2, 0.25) is 0 Å². The van der Waals surface area contributed by atoms with E-state index in [0.717, 1.165) is 29.1 Å². The van der Waals surface area contributed by atoms with Crippen LogP contribution < -0.4 is 0 Å². The summed E-state index contributed by atoms with van der Waals surface area (Å²) in [6.07, 6.45) is 3.11. The van der Waals surface area contributed by atoms with Crippen molar-refractivity contribution >= 4 is 23.4 Å². The van der Waals surface area contributed by atoms with Gasteiger partial charge in [-0.3, -0.25) is 0 Å². The molecule has 2 aromatic rings. The molecule has 0 aliphatic heterocycles. The van der Waals surface area contributed by atoms with Crippen molar-refractivity contribution in [1.82, 2.24) is 15.2 Å². The van der Waals surface area contributed by atoms with Crippen molar-refractivity contribution in [2.24, 2.45) is 0 Å². The molecule has 0 unspecified atom stereocenters. The Morgan fingerprint density at radius 3 is 2.60 bits per heavy atom. The Balaban J connectivity index is 2.42. The normalized spacial score (nSPS) is 10.3. The third-order valence-electron chi connectivity index (χ3n) is 2.83. The van der Waals surface area contributed by atoms with Crippen LogP contribution in [0.5, 0.6) is 0 Å². The van der Waals surface area contributed by atoms with Gasteiger partial charge in [0, 0.05) is 6.20 Å². The maximum Gasteiger partial charge on any atom is 0.143 e. The highest BCUT2D eigenvalue weighted by atomic mass is 35.5. The molecule has 0 aromatic carbocycles. The number of nitrogens with zero attached hydrogens (tertiary/aromatic N) is 4. The summed E-state index contributed by atoms with van der Waals surface area (Å²) in [6, 6.07) is 5.81. The molecule has 0 N–H and O–H groups in total. The van der Waals surface area contributed by atoms with Gasteiger partial charge < -0.3 is 0 Å². The average Bonchev–Trinajstić information content (AvgIpc) is 2.48. The summed E-state index contributed by atoms with van der Waals surface area (Å²) >= 11 is 7.14. The molecule has 0 aliphatic rings. The summed E-state index contributed by atoms with van der Waals surface area (Å²) in [7, 11) is 0. The second-order valence-corrected chi connectivity index (χ2v) is 5.49. The van der Waals surface area contributed by atoms with Crippen LogP contribution in [0.1, 0.15) is 30.7 Å². The summed E-state index contributed by atoms with van der Waals surface area (Å²) in [4.78, 5) is 4.20. The number of halogens is 1. The SMILES string of the molecule is CCc1nnc(Sc2ccc(Cl)cn2)c(C#N)c1CC. The number of pyridine rings is 1. The Bertz CT molecular complexity index is 649. The molecule has 0 saturated carbocycles. The number of aryl methyl sites for hydroxylation is 1. The maximum absolute atomic E-state index is 9.40. The number of hydrogen-bond donors (Lipinski definition) is 0. The van der Waals surface area contributed by atoms with E-state index in [1.807, 2.05) is 13.8 Å². The lowest BCUT2D eigenvalue weighted by Crippen LogP contribution is -2.04. The van der Waals surface area contributed by atoms with Crippen molar-refractivity contribution in [3.05, 3.63) is 40.2 Å². The topological polar surface area (TPSA) is 62.5 Å². The van der Waals surface area contributed by atoms with Crippen molar-refractivity contribution in [3.8, 4) is 6.07 Å². The first-order valence-electron chi connectivity index (χ1n) is 6.27. The molecule has 6 heteroatoms. The summed E-state index contributed by atoms with van der Waals surface area (Å²) in [6.45, 7) is 4.03. The molecule has 0 saturated heterocycles. The fraction of sp³-hybridized carbons (Fsp3) is 0.286. The highest BCUT2D eigenvalue weighted by molar-refractivity contribution is 7.99. The van der Waals surface area contributed by atoms with Gasteiger partial charge in [-0.25, -0.2) is 4.98 Å². The first-order valence-corrected chi connectivity index (χ1v) is 7.46. The lowest BCUT2D eigenvalue weighted by Gasteiger charge is -2.09. The summed E-state index contributed by atoms with van der Waals surface area (Å²) in [5.74, 6) is 0. The Kier molecular flexibility index (Phi) is 4.94. The second-order valence-electron chi connectivity index (χ2n) is 4.04. The molecular weight excluding hydrogens is 292 g/mol. The van der Waals surface area contributed by atoms with E-state index < -0.39 is 0 Å². The first kappa shape index (κ1) is 14.8. The van der Waals surface area contributed by atoms with Gasteiger partial charge in [0.15, 0.2) is 0 Å². The molecule has 4 nitrogen and oxygen atoms in total. The quantitative estimate of drug-likeness (QED) is 0.862. The van der Waals surface area contributed by atoms with E-state index in [1.54, 1.807) is 18.3 Å². The minimum atomic E-state index is 0.580. The van der Waals surface area contributed by atoms with Crippen LogP contribution in [0.2, 0.25) is 5.02 Å². The van der Waals surface area contributed by atoms with Crippen molar-refractivity contribution in [2.75, 3.05) is 0 Å². The van der Waals surface area contributed by atoms with E-state index in [2.05, 4.69) is 21.3 Å². The largest absolute Gasteiger partial charge is 0.248 e. The monoisotopic (exact) mass is 304 g/mol. The molecule has 2 aromatic heterocycles. The van der Waals surface area contributed by atoms with Crippen LogP contribution in [0.15, 0.2) is 28.4 Å². The van der Waals surface area contributed by atoms with Crippen LogP contribution >= 0.6 is 23.4 Å². The Morgan fingerprint density at radius 2 is 2.05 bits per heavy atom. The summed E-state index contributed by atoms with van der Waals surface area (Å²) in [5, 5.41) is 19.7. The minimum absolute atomic E-state index is 0.580. The zero-order valence-electron chi connectivity index (χ0n) is 11.2. The van der Waals surface area contributed by atoms with Crippen LogP contribution in [0.4, 0.5) is 0 Å². The number of hydrogen-bond acceptors (Lipinski definition) is 5. The maximum atomic E-state index is 9.40. The van der Waals surface area contributed by atoms with E-state index in [1.165, 1.54) is 11.8 Å². The van der Waals surface area contributed by atoms with E-state index >= 15 is 0 Å². The molecule has 0 radical (unpaired) electrons. The van der Waals surface area contributed by atoms with E-state index in [9.17, 15) is 5.26 Å². The van der Waals surface area contributed by atoms with Crippen molar-refractivity contribution in [1.29, 1.82) is 5.26 Å². The molecule has 20 heavy (non-hydrogen) atoms. The predicted molar refractivity (Wildman–Crippen MR) is 78.9 cm³/mol. The third-order valence-corrected chi connectivity index (χ3v) is 3.98. The lowest BCUT2D eigenvalue weighted by molar-refractivity contribution is 0.817. The van der Waals surface area contributed by atoms with Gasteiger partial charge in [-0.15, -0.1) is 5.10 Å². The number of rotatable bonds is 4. The minimum Gasteiger partial charge on any atom is -0.248 e. The molecule has 0 atom stereocenters. The number of aromatic nitrogens is 3. The molecule has 0 fully saturated rings. The summed E-state index contributed by atoms with van der Waals surface area (Å²) < 4.78 is 0. The molecule has 2 rings (SSSR count). The molecule has 0 aliphatic carbocycles. The van der Waals surface area contributed by atoms with Gasteiger partial charge in [0.1, 0.15) is 16.1 Å². The van der Waals surface area contributed by atoms with Crippen LogP contribution in [-0.4, -0.2) is 15.2 Å². The van der Waals surface area contributed by atoms with Crippen molar-refractivity contribution in [2.45, 2.75) is 36.7 Å². The standard InChI is InChI=1S/C14H13ClN4S/c1-3-10-11(7-16)14(19-18-12(10)4-2)20-13-6-5-9(15)8-17-13/h5-6,8H,3-4H2,1-2H3. The van der Waals surface area contributed by atoms with E-state index in [0.29, 0.717) is 15.6 Å². The van der Waals surface area contributed by atoms with Gasteiger partial charge >= 0.3 is 0 Å². The molecule has 2 heterocycles. The van der Waals surface area contributed by atoms with Crippen LogP contribution in [0, 0.1) is 11.3 Å². The van der Waals surface area contributed by atoms with Gasteiger partial charge in [-0.2, -0.15) is 10.4 Å². The smallest absolute Gasteiger partial charge is 0.143 e. The van der Waals surface area contributed by atoms with Crippen LogP contribution in [0.3, 0.4) is 0 Å². The highest BCUT2D eigenvalue weighted by Gasteiger charge is 2.15. The Hall–Kier alpha value is -1.64. The lowest BCUT2D eigenvalue weighted by atomic mass is 10.1. The van der Waals surface area contributed by atoms with E-state index in [4.69, 9.17) is 11.6 Å². The molecule has 0 amide bonds. The van der Waals surface area contributed by atoms with Crippen molar-refractivity contribution in [3.63, 3.8) is 0 Å². The van der Waals surface area contributed by atoms with Gasteiger partial charge in [-0.1, -0.05) is 25.4 Å². The fourth-order valence-corrected chi connectivity index (χ4v) is 2.77. The number of nitriles is 1. The van der Waals surface area contributed by atoms with Gasteiger partial charge in [0.25, 0.3) is 0 Å². The third kappa shape index (κ3) is 3.09. The average molecular weight is 305 g/mol. The highest BCUT2D eigenvalue weighted by Crippen LogP contribution is 2.29. The fourth-order valence-electron chi connectivity index (χ4n) is 1.86. The Morgan fingerprint density at radius 1 is 1.25 bits per heavy atom. The molecular formula is C14H13ClN4S. The zero-order valence-corrected chi connectivity index (χ0v) is 12.8. The molecule has 102 valence electrons. The van der Waals surface area contributed by atoms with Crippen LogP contribution in [0.25, 0.3) is 0 Å². The predicted octanol–water partition coefficient (Wildman–Crippen LogP) is 3.67. The van der Waals surface area contributed by atoms with E-state index in [-0.39, 0.29) is 0 Å². The summed E-state index contributed by atoms with van der Waals surface area (Å²) in [5.41, 5.74) is 2.46. The Labute approximate surface area is 127 Å². The van der Waals surface area contributed by atoms with Crippen LogP contribution in [-0.2, 0) is 12.8 Å². The molecule has 0 spiro atoms. The zero-order chi connectivity index (χ0) is 14.5. The van der Waals surface area contributed by atoms with Crippen molar-refractivity contribution < 1.29 is 0 Å². The van der Waals surface area contributed by atoms with Gasteiger partial charge in [-0.05, 0) is 42.3 Å². The van der Waals surface area contributed by atoms with Gasteiger partial charge in [0.05, 0.1) is 16.3 Å². The first-order chi connectivity index (χ1) is 9.69.